The number of nitrogens with zero attached hydrogens (tertiary/aromatic N) is 3. The number of furan rings is 1. The quantitative estimate of drug-likeness (QED) is 0.207. The third-order valence-electron chi connectivity index (χ3n) is 8.14. The van der Waals surface area contributed by atoms with Crippen molar-refractivity contribution in [1.29, 1.82) is 0 Å². The predicted octanol–water partition coefficient (Wildman–Crippen LogP) is 10.8. The number of para-hydroxylation sites is 1. The van der Waals surface area contributed by atoms with Gasteiger partial charge in [-0.3, -0.25) is 0 Å². The van der Waals surface area contributed by atoms with Crippen LogP contribution in [0.25, 0.3) is 87.4 Å². The summed E-state index contributed by atoms with van der Waals surface area (Å²) in [6.07, 6.45) is 0. The highest BCUT2D eigenvalue weighted by molar-refractivity contribution is 7.25. The SMILES string of the molecule is c1ccc(-c2cccc(-c3nc(-c4ccc5sc6ccccc6c5c4)nc(-c4cccc5oc6ccccc6c45)n3)c2)cc1. The van der Waals surface area contributed by atoms with E-state index in [1.165, 1.54) is 20.2 Å². The molecule has 0 saturated heterocycles. The summed E-state index contributed by atoms with van der Waals surface area (Å²) in [5.74, 6) is 1.88. The van der Waals surface area contributed by atoms with Crippen molar-refractivity contribution < 1.29 is 4.42 Å². The van der Waals surface area contributed by atoms with Crippen LogP contribution in [0.1, 0.15) is 0 Å². The molecule has 44 heavy (non-hydrogen) atoms. The lowest BCUT2D eigenvalue weighted by Gasteiger charge is -2.10. The molecule has 0 N–H and O–H groups in total. The smallest absolute Gasteiger partial charge is 0.164 e. The first-order valence-electron chi connectivity index (χ1n) is 14.5. The zero-order valence-electron chi connectivity index (χ0n) is 23.4. The fourth-order valence-corrected chi connectivity index (χ4v) is 7.14. The minimum atomic E-state index is 0.613. The highest BCUT2D eigenvalue weighted by Gasteiger charge is 2.18. The molecule has 0 aliphatic rings. The number of hydrogen-bond acceptors (Lipinski definition) is 5. The van der Waals surface area contributed by atoms with Crippen LogP contribution < -0.4 is 0 Å². The fraction of sp³-hybridized carbons (Fsp3) is 0. The standard InChI is InChI=1S/C39H23N3OS/c1-2-10-24(11-3-1)25-12-8-13-26(22-25)37-40-38(27-20-21-35-31(23-27)28-14-5-7-19-34(28)44-35)42-39(41-37)30-16-9-18-33-36(30)29-15-4-6-17-32(29)43-33/h1-23H. The lowest BCUT2D eigenvalue weighted by molar-refractivity contribution is 0.669. The lowest BCUT2D eigenvalue weighted by Crippen LogP contribution is -2.00. The molecule has 0 saturated carbocycles. The minimum Gasteiger partial charge on any atom is -0.456 e. The van der Waals surface area contributed by atoms with Crippen LogP contribution in [0.3, 0.4) is 0 Å². The molecule has 0 aliphatic carbocycles. The summed E-state index contributed by atoms with van der Waals surface area (Å²) < 4.78 is 8.74. The molecular weight excluding hydrogens is 559 g/mol. The predicted molar refractivity (Wildman–Crippen MR) is 182 cm³/mol. The van der Waals surface area contributed by atoms with Gasteiger partial charge >= 0.3 is 0 Å². The van der Waals surface area contributed by atoms with Gasteiger partial charge in [0.05, 0.1) is 0 Å². The molecule has 0 amide bonds. The highest BCUT2D eigenvalue weighted by Crippen LogP contribution is 2.38. The monoisotopic (exact) mass is 581 g/mol. The molecule has 0 aliphatic heterocycles. The van der Waals surface area contributed by atoms with E-state index in [4.69, 9.17) is 19.4 Å². The van der Waals surface area contributed by atoms with Gasteiger partial charge in [0.25, 0.3) is 0 Å². The maximum Gasteiger partial charge on any atom is 0.164 e. The maximum atomic E-state index is 6.22. The van der Waals surface area contributed by atoms with Crippen LogP contribution in [0.4, 0.5) is 0 Å². The summed E-state index contributed by atoms with van der Waals surface area (Å²) in [5, 5.41) is 4.50. The van der Waals surface area contributed by atoms with E-state index < -0.39 is 0 Å². The first kappa shape index (κ1) is 24.9. The molecule has 6 aromatic carbocycles. The van der Waals surface area contributed by atoms with Gasteiger partial charge in [-0.15, -0.1) is 11.3 Å². The third-order valence-corrected chi connectivity index (χ3v) is 9.29. The average molecular weight is 582 g/mol. The van der Waals surface area contributed by atoms with Crippen molar-refractivity contribution in [2.24, 2.45) is 0 Å². The Morgan fingerprint density at radius 1 is 0.409 bits per heavy atom. The van der Waals surface area contributed by atoms with Crippen molar-refractivity contribution in [3.05, 3.63) is 140 Å². The zero-order valence-corrected chi connectivity index (χ0v) is 24.3. The molecule has 206 valence electrons. The Morgan fingerprint density at radius 3 is 1.93 bits per heavy atom. The van der Waals surface area contributed by atoms with Gasteiger partial charge in [0, 0.05) is 47.6 Å². The van der Waals surface area contributed by atoms with E-state index in [2.05, 4.69) is 103 Å². The molecule has 9 aromatic rings. The van der Waals surface area contributed by atoms with Crippen LogP contribution >= 0.6 is 11.3 Å². The van der Waals surface area contributed by atoms with Gasteiger partial charge in [-0.05, 0) is 53.6 Å². The largest absolute Gasteiger partial charge is 0.456 e. The maximum absolute atomic E-state index is 6.22. The van der Waals surface area contributed by atoms with Gasteiger partial charge < -0.3 is 4.42 Å². The molecular formula is C39H23N3OS. The topological polar surface area (TPSA) is 51.8 Å². The van der Waals surface area contributed by atoms with E-state index in [-0.39, 0.29) is 0 Å². The number of hydrogen-bond donors (Lipinski definition) is 0. The number of rotatable bonds is 4. The van der Waals surface area contributed by atoms with Crippen molar-refractivity contribution in [2.75, 3.05) is 0 Å². The highest BCUT2D eigenvalue weighted by atomic mass is 32.1. The summed E-state index contributed by atoms with van der Waals surface area (Å²) in [6.45, 7) is 0. The first-order chi connectivity index (χ1) is 21.8. The molecule has 5 heteroatoms. The Kier molecular flexibility index (Phi) is 5.64. The fourth-order valence-electron chi connectivity index (χ4n) is 6.05. The number of aromatic nitrogens is 3. The van der Waals surface area contributed by atoms with Crippen LogP contribution in [0, 0.1) is 0 Å². The first-order valence-corrected chi connectivity index (χ1v) is 15.3. The Bertz CT molecular complexity index is 2510. The Balaban J connectivity index is 1.29. The molecule has 3 heterocycles. The van der Waals surface area contributed by atoms with Crippen molar-refractivity contribution in [3.8, 4) is 45.3 Å². The second kappa shape index (κ2) is 9.97. The van der Waals surface area contributed by atoms with Crippen LogP contribution in [0.15, 0.2) is 144 Å². The van der Waals surface area contributed by atoms with Crippen molar-refractivity contribution in [3.63, 3.8) is 0 Å². The van der Waals surface area contributed by atoms with Crippen molar-refractivity contribution in [2.45, 2.75) is 0 Å². The van der Waals surface area contributed by atoms with Crippen LogP contribution in [-0.4, -0.2) is 15.0 Å². The molecule has 0 unspecified atom stereocenters. The van der Waals surface area contributed by atoms with E-state index in [0.717, 1.165) is 49.8 Å². The molecule has 0 fully saturated rings. The van der Waals surface area contributed by atoms with Crippen LogP contribution in [0.2, 0.25) is 0 Å². The minimum absolute atomic E-state index is 0.613. The molecule has 4 nitrogen and oxygen atoms in total. The molecule has 0 spiro atoms. The number of benzene rings is 6. The number of fused-ring (bicyclic) bond motifs is 6. The summed E-state index contributed by atoms with van der Waals surface area (Å²) in [5.41, 5.74) is 6.71. The van der Waals surface area contributed by atoms with Gasteiger partial charge in [0.1, 0.15) is 11.2 Å². The van der Waals surface area contributed by atoms with Crippen molar-refractivity contribution >= 4 is 53.4 Å². The van der Waals surface area contributed by atoms with E-state index in [0.29, 0.717) is 17.5 Å². The second-order valence-corrected chi connectivity index (χ2v) is 11.9. The molecule has 9 rings (SSSR count). The van der Waals surface area contributed by atoms with Gasteiger partial charge in [0.15, 0.2) is 17.5 Å². The summed E-state index contributed by atoms with van der Waals surface area (Å²) in [4.78, 5) is 15.3. The van der Waals surface area contributed by atoms with Crippen LogP contribution in [-0.2, 0) is 0 Å². The normalized spacial score (nSPS) is 11.6. The average Bonchev–Trinajstić information content (AvgIpc) is 3.67. The summed E-state index contributed by atoms with van der Waals surface area (Å²) in [6, 6.07) is 48.0. The van der Waals surface area contributed by atoms with E-state index in [9.17, 15) is 0 Å². The van der Waals surface area contributed by atoms with E-state index >= 15 is 0 Å². The van der Waals surface area contributed by atoms with Gasteiger partial charge in [-0.25, -0.2) is 15.0 Å². The molecule has 0 bridgehead atoms. The van der Waals surface area contributed by atoms with Gasteiger partial charge in [-0.2, -0.15) is 0 Å². The van der Waals surface area contributed by atoms with E-state index in [1.807, 2.05) is 36.4 Å². The summed E-state index contributed by atoms with van der Waals surface area (Å²) >= 11 is 1.81. The van der Waals surface area contributed by atoms with Crippen molar-refractivity contribution in [1.82, 2.24) is 15.0 Å². The summed E-state index contributed by atoms with van der Waals surface area (Å²) in [7, 11) is 0. The molecule has 3 aromatic heterocycles. The number of thiophene rings is 1. The molecule has 0 atom stereocenters. The second-order valence-electron chi connectivity index (χ2n) is 10.8. The lowest BCUT2D eigenvalue weighted by atomic mass is 10.0. The van der Waals surface area contributed by atoms with Crippen LogP contribution in [0.5, 0.6) is 0 Å². The van der Waals surface area contributed by atoms with Gasteiger partial charge in [-0.1, -0.05) is 97.1 Å². The Labute approximate surface area is 256 Å². The molecule has 0 radical (unpaired) electrons. The zero-order chi connectivity index (χ0) is 29.0. The Morgan fingerprint density at radius 2 is 1.05 bits per heavy atom. The third kappa shape index (κ3) is 4.09. The Hall–Kier alpha value is -5.65. The van der Waals surface area contributed by atoms with E-state index in [1.54, 1.807) is 11.3 Å². The van der Waals surface area contributed by atoms with Gasteiger partial charge in [0.2, 0.25) is 0 Å².